The van der Waals surface area contributed by atoms with Crippen molar-refractivity contribution in [3.05, 3.63) is 41.7 Å². The van der Waals surface area contributed by atoms with E-state index >= 15 is 0 Å². The van der Waals surface area contributed by atoms with Crippen LogP contribution < -0.4 is 11.5 Å². The highest BCUT2D eigenvalue weighted by molar-refractivity contribution is 5.90. The molecule has 0 saturated heterocycles. The second-order valence-corrected chi connectivity index (χ2v) is 3.62. The topological polar surface area (TPSA) is 82.2 Å². The van der Waals surface area contributed by atoms with Crippen LogP contribution in [0.2, 0.25) is 0 Å². The lowest BCUT2D eigenvalue weighted by atomic mass is 10.1. The van der Waals surface area contributed by atoms with Crippen LogP contribution >= 0.6 is 0 Å². The third kappa shape index (κ3) is 1.77. The van der Waals surface area contributed by atoms with Gasteiger partial charge in [-0.15, -0.1) is 0 Å². The summed E-state index contributed by atoms with van der Waals surface area (Å²) in [6.07, 6.45) is 0. The van der Waals surface area contributed by atoms with E-state index in [4.69, 9.17) is 15.9 Å². The molecule has 1 heterocycles. The maximum Gasteiger partial charge on any atom is 0.284 e. The standard InChI is InChI=1S/C12H12N2O2/c1-7-2-3-8(9(13)6-7)10-4-5-11(16-10)12(14)15/h2-6H,13H2,1H3,(H2,14,15). The van der Waals surface area contributed by atoms with E-state index in [-0.39, 0.29) is 5.76 Å². The highest BCUT2D eigenvalue weighted by Crippen LogP contribution is 2.28. The molecule has 1 amide bonds. The van der Waals surface area contributed by atoms with Crippen LogP contribution in [0.4, 0.5) is 5.69 Å². The molecular formula is C12H12N2O2. The van der Waals surface area contributed by atoms with E-state index in [1.54, 1.807) is 6.07 Å². The lowest BCUT2D eigenvalue weighted by Gasteiger charge is -2.03. The number of nitrogens with two attached hydrogens (primary N) is 2. The largest absolute Gasteiger partial charge is 0.451 e. The van der Waals surface area contributed by atoms with Gasteiger partial charge in [0.15, 0.2) is 5.76 Å². The van der Waals surface area contributed by atoms with Gasteiger partial charge < -0.3 is 15.9 Å². The number of hydrogen-bond acceptors (Lipinski definition) is 3. The molecule has 0 aliphatic rings. The van der Waals surface area contributed by atoms with Gasteiger partial charge in [0.25, 0.3) is 5.91 Å². The van der Waals surface area contributed by atoms with Crippen molar-refractivity contribution in [3.63, 3.8) is 0 Å². The number of carbonyl (C=O) groups is 1. The van der Waals surface area contributed by atoms with Gasteiger partial charge in [0.1, 0.15) is 5.76 Å². The molecule has 0 spiro atoms. The van der Waals surface area contributed by atoms with Crippen LogP contribution in [0.3, 0.4) is 0 Å². The van der Waals surface area contributed by atoms with E-state index in [1.165, 1.54) is 6.07 Å². The second kappa shape index (κ2) is 3.73. The molecule has 0 fully saturated rings. The van der Waals surface area contributed by atoms with E-state index in [0.717, 1.165) is 11.1 Å². The number of amides is 1. The molecule has 82 valence electrons. The minimum atomic E-state index is -0.586. The van der Waals surface area contributed by atoms with Crippen LogP contribution in [0.15, 0.2) is 34.7 Å². The number of carbonyl (C=O) groups excluding carboxylic acids is 1. The summed E-state index contributed by atoms with van der Waals surface area (Å²) in [5.74, 6) is 0.0956. The zero-order valence-electron chi connectivity index (χ0n) is 8.86. The van der Waals surface area contributed by atoms with Crippen LogP contribution in [-0.4, -0.2) is 5.91 Å². The van der Waals surface area contributed by atoms with Gasteiger partial charge in [-0.2, -0.15) is 0 Å². The summed E-state index contributed by atoms with van der Waals surface area (Å²) in [7, 11) is 0. The monoisotopic (exact) mass is 216 g/mol. The number of nitrogen functional groups attached to an aromatic ring is 1. The van der Waals surface area contributed by atoms with Gasteiger partial charge in [0.05, 0.1) is 0 Å². The third-order valence-electron chi connectivity index (χ3n) is 2.32. The number of benzene rings is 1. The van der Waals surface area contributed by atoms with Crippen molar-refractivity contribution in [1.82, 2.24) is 0 Å². The highest BCUT2D eigenvalue weighted by atomic mass is 16.3. The van der Waals surface area contributed by atoms with Gasteiger partial charge in [-0.1, -0.05) is 6.07 Å². The molecule has 4 heteroatoms. The molecule has 0 radical (unpaired) electrons. The minimum absolute atomic E-state index is 0.134. The Morgan fingerprint density at radius 3 is 2.56 bits per heavy atom. The Hall–Kier alpha value is -2.23. The van der Waals surface area contributed by atoms with Crippen molar-refractivity contribution < 1.29 is 9.21 Å². The molecule has 0 atom stereocenters. The average Bonchev–Trinajstić information content (AvgIpc) is 2.66. The number of furan rings is 1. The van der Waals surface area contributed by atoms with Gasteiger partial charge >= 0.3 is 0 Å². The Kier molecular flexibility index (Phi) is 2.40. The van der Waals surface area contributed by atoms with Gasteiger partial charge in [0, 0.05) is 11.3 Å². The fraction of sp³-hybridized carbons (Fsp3) is 0.0833. The van der Waals surface area contributed by atoms with Crippen molar-refractivity contribution in [3.8, 4) is 11.3 Å². The smallest absolute Gasteiger partial charge is 0.284 e. The maximum absolute atomic E-state index is 10.9. The fourth-order valence-corrected chi connectivity index (χ4v) is 1.52. The second-order valence-electron chi connectivity index (χ2n) is 3.62. The number of rotatable bonds is 2. The normalized spacial score (nSPS) is 10.3. The van der Waals surface area contributed by atoms with Gasteiger partial charge in [-0.3, -0.25) is 4.79 Å². The summed E-state index contributed by atoms with van der Waals surface area (Å²) in [5.41, 5.74) is 13.4. The van der Waals surface area contributed by atoms with Crippen LogP contribution in [0.1, 0.15) is 16.1 Å². The quantitative estimate of drug-likeness (QED) is 0.752. The third-order valence-corrected chi connectivity index (χ3v) is 2.32. The van der Waals surface area contributed by atoms with Gasteiger partial charge in [-0.25, -0.2) is 0 Å². The van der Waals surface area contributed by atoms with Crippen molar-refractivity contribution in [1.29, 1.82) is 0 Å². The number of hydrogen-bond donors (Lipinski definition) is 2. The summed E-state index contributed by atoms with van der Waals surface area (Å²) >= 11 is 0. The molecular weight excluding hydrogens is 204 g/mol. The molecule has 1 aromatic carbocycles. The first kappa shape index (κ1) is 10.3. The number of primary amides is 1. The van der Waals surface area contributed by atoms with E-state index in [2.05, 4.69) is 0 Å². The predicted octanol–water partition coefficient (Wildman–Crippen LogP) is 1.94. The first-order valence-corrected chi connectivity index (χ1v) is 4.84. The van der Waals surface area contributed by atoms with Crippen molar-refractivity contribution in [2.75, 3.05) is 5.73 Å². The molecule has 0 aliphatic carbocycles. The van der Waals surface area contributed by atoms with Crippen LogP contribution in [-0.2, 0) is 0 Å². The molecule has 4 nitrogen and oxygen atoms in total. The molecule has 0 aliphatic heterocycles. The maximum atomic E-state index is 10.9. The summed E-state index contributed by atoms with van der Waals surface area (Å²) in [6, 6.07) is 8.85. The summed E-state index contributed by atoms with van der Waals surface area (Å²) in [6.45, 7) is 1.96. The summed E-state index contributed by atoms with van der Waals surface area (Å²) in [4.78, 5) is 10.9. The SMILES string of the molecule is Cc1ccc(-c2ccc(C(N)=O)o2)c(N)c1. The van der Waals surface area contributed by atoms with E-state index < -0.39 is 5.91 Å². The molecule has 0 bridgehead atoms. The Bertz CT molecular complexity index is 544. The Morgan fingerprint density at radius 2 is 2.00 bits per heavy atom. The number of aryl methyl sites for hydroxylation is 1. The molecule has 0 saturated carbocycles. The number of anilines is 1. The van der Waals surface area contributed by atoms with E-state index in [0.29, 0.717) is 11.4 Å². The lowest BCUT2D eigenvalue weighted by Crippen LogP contribution is -2.09. The van der Waals surface area contributed by atoms with E-state index in [1.807, 2.05) is 25.1 Å². The molecule has 2 aromatic rings. The van der Waals surface area contributed by atoms with Crippen molar-refractivity contribution in [2.24, 2.45) is 5.73 Å². The molecule has 0 unspecified atom stereocenters. The summed E-state index contributed by atoms with van der Waals surface area (Å²) in [5, 5.41) is 0. The average molecular weight is 216 g/mol. The molecule has 2 rings (SSSR count). The lowest BCUT2D eigenvalue weighted by molar-refractivity contribution is 0.0974. The summed E-state index contributed by atoms with van der Waals surface area (Å²) < 4.78 is 5.30. The van der Waals surface area contributed by atoms with E-state index in [9.17, 15) is 4.79 Å². The molecule has 1 aromatic heterocycles. The molecule has 16 heavy (non-hydrogen) atoms. The first-order valence-electron chi connectivity index (χ1n) is 4.84. The zero-order chi connectivity index (χ0) is 11.7. The predicted molar refractivity (Wildman–Crippen MR) is 61.8 cm³/mol. The van der Waals surface area contributed by atoms with Crippen LogP contribution in [0.25, 0.3) is 11.3 Å². The zero-order valence-corrected chi connectivity index (χ0v) is 8.86. The van der Waals surface area contributed by atoms with Crippen molar-refractivity contribution >= 4 is 11.6 Å². The Morgan fingerprint density at radius 1 is 1.25 bits per heavy atom. The minimum Gasteiger partial charge on any atom is -0.451 e. The highest BCUT2D eigenvalue weighted by Gasteiger charge is 2.10. The van der Waals surface area contributed by atoms with Gasteiger partial charge in [-0.05, 0) is 36.8 Å². The Labute approximate surface area is 92.9 Å². The first-order chi connectivity index (χ1) is 7.58. The van der Waals surface area contributed by atoms with Crippen LogP contribution in [0.5, 0.6) is 0 Å². The van der Waals surface area contributed by atoms with Crippen molar-refractivity contribution in [2.45, 2.75) is 6.92 Å². The molecule has 4 N–H and O–H groups in total. The fourth-order valence-electron chi connectivity index (χ4n) is 1.52. The Balaban J connectivity index is 2.46. The van der Waals surface area contributed by atoms with Gasteiger partial charge in [0.2, 0.25) is 0 Å². The van der Waals surface area contributed by atoms with Crippen LogP contribution in [0, 0.1) is 6.92 Å².